The van der Waals surface area contributed by atoms with E-state index in [2.05, 4.69) is 38.2 Å². The Bertz CT molecular complexity index is 2030. The van der Waals surface area contributed by atoms with Gasteiger partial charge in [-0.3, -0.25) is 4.79 Å². The average molecular weight is 695 g/mol. The van der Waals surface area contributed by atoms with Crippen LogP contribution in [0.15, 0.2) is 105 Å². The number of ether oxygens (including phenoxy) is 6. The van der Waals surface area contributed by atoms with Gasteiger partial charge in [0, 0.05) is 42.9 Å². The van der Waals surface area contributed by atoms with E-state index < -0.39 is 47.2 Å². The van der Waals surface area contributed by atoms with E-state index in [0.29, 0.717) is 11.1 Å². The first kappa shape index (κ1) is 38.1. The van der Waals surface area contributed by atoms with Crippen LogP contribution in [0.3, 0.4) is 0 Å². The summed E-state index contributed by atoms with van der Waals surface area (Å²) in [7, 11) is 0. The van der Waals surface area contributed by atoms with Crippen molar-refractivity contribution in [2.45, 2.75) is 13.5 Å². The minimum atomic E-state index is -1.19. The third-order valence-electron chi connectivity index (χ3n) is 6.01. The zero-order chi connectivity index (χ0) is 37.5. The number of carbonyl (C=O) groups is 6. The standard InChI is InChI=1S/C38H27FO12/c1-6-32(41)47-27-15-11-24(12-16-27)10-14-26-21-30(48-33(42)7-2)28(36(39)37(26)51-35(44)9-4)18-19-46-22-25-13-17-29(50-38(45)23(5)40)31(20-25)49-34(43)8-3/h6-9,11-13,15-21H,1-4,22H2,5H3. The summed E-state index contributed by atoms with van der Waals surface area (Å²) in [6.45, 7) is 14.1. The number of benzene rings is 3. The summed E-state index contributed by atoms with van der Waals surface area (Å²) < 4.78 is 47.1. The summed E-state index contributed by atoms with van der Waals surface area (Å²) in [6.07, 6.45) is 5.62. The summed E-state index contributed by atoms with van der Waals surface area (Å²) in [5.74, 6) is -2.50. The van der Waals surface area contributed by atoms with Crippen molar-refractivity contribution >= 4 is 41.7 Å². The lowest BCUT2D eigenvalue weighted by Gasteiger charge is -2.13. The van der Waals surface area contributed by atoms with Crippen molar-refractivity contribution < 1.29 is 61.6 Å². The second-order valence-corrected chi connectivity index (χ2v) is 9.59. The molecule has 13 heteroatoms. The Labute approximate surface area is 290 Å². The van der Waals surface area contributed by atoms with Crippen LogP contribution < -0.4 is 23.7 Å². The Kier molecular flexibility index (Phi) is 13.7. The van der Waals surface area contributed by atoms with E-state index in [1.807, 2.05) is 0 Å². The van der Waals surface area contributed by atoms with E-state index in [0.717, 1.165) is 49.6 Å². The molecule has 0 atom stereocenters. The second-order valence-electron chi connectivity index (χ2n) is 9.59. The molecule has 3 rings (SSSR count). The Balaban J connectivity index is 1.98. The van der Waals surface area contributed by atoms with Crippen LogP contribution in [0.4, 0.5) is 4.39 Å². The third kappa shape index (κ3) is 11.1. The van der Waals surface area contributed by atoms with Crippen molar-refractivity contribution in [3.8, 4) is 40.6 Å². The number of hydrogen-bond donors (Lipinski definition) is 0. The van der Waals surface area contributed by atoms with Gasteiger partial charge in [-0.15, -0.1) is 0 Å². The summed E-state index contributed by atoms with van der Waals surface area (Å²) in [6, 6.07) is 11.1. The van der Waals surface area contributed by atoms with Gasteiger partial charge >= 0.3 is 29.8 Å². The number of rotatable bonds is 14. The van der Waals surface area contributed by atoms with Gasteiger partial charge in [0.15, 0.2) is 23.1 Å². The fraction of sp³-hybridized carbons (Fsp3) is 0.0526. The minimum absolute atomic E-state index is 0.193. The number of Topliss-reactive ketones (excluding diaryl/α,β-unsaturated/α-hetero) is 1. The van der Waals surface area contributed by atoms with Crippen LogP contribution in [0.1, 0.15) is 29.2 Å². The molecule has 0 aliphatic rings. The maximum absolute atomic E-state index is 16.1. The van der Waals surface area contributed by atoms with Gasteiger partial charge in [-0.05, 0) is 48.0 Å². The lowest BCUT2D eigenvalue weighted by Crippen LogP contribution is -2.17. The van der Waals surface area contributed by atoms with Crippen molar-refractivity contribution in [2.24, 2.45) is 0 Å². The van der Waals surface area contributed by atoms with E-state index >= 15 is 4.39 Å². The van der Waals surface area contributed by atoms with Crippen LogP contribution in [-0.2, 0) is 40.1 Å². The Morgan fingerprint density at radius 1 is 0.686 bits per heavy atom. The van der Waals surface area contributed by atoms with Gasteiger partial charge in [0.1, 0.15) is 18.1 Å². The van der Waals surface area contributed by atoms with Crippen molar-refractivity contribution in [1.29, 1.82) is 0 Å². The first-order valence-electron chi connectivity index (χ1n) is 14.4. The largest absolute Gasteiger partial charge is 0.496 e. The molecule has 0 N–H and O–H groups in total. The SMILES string of the molecule is C=CC(=O)Oc1ccc(C#Cc2cc(OC(=O)C=C)c(C=COCc3ccc(OC(=O)C(C)=O)c(OC(=O)C=C)c3)c(F)c2OC(=O)C=C)cc1. The van der Waals surface area contributed by atoms with Crippen LogP contribution in [0.25, 0.3) is 6.08 Å². The smallest absolute Gasteiger partial charge is 0.379 e. The highest BCUT2D eigenvalue weighted by Gasteiger charge is 2.22. The molecule has 258 valence electrons. The molecule has 0 radical (unpaired) electrons. The van der Waals surface area contributed by atoms with Gasteiger partial charge in [0.05, 0.1) is 17.4 Å². The van der Waals surface area contributed by atoms with Gasteiger partial charge < -0.3 is 28.4 Å². The fourth-order valence-corrected chi connectivity index (χ4v) is 3.64. The molecule has 0 fully saturated rings. The summed E-state index contributed by atoms with van der Waals surface area (Å²) >= 11 is 0. The molecule has 0 heterocycles. The molecule has 0 aliphatic heterocycles. The van der Waals surface area contributed by atoms with Crippen molar-refractivity contribution in [1.82, 2.24) is 0 Å². The molecule has 0 saturated heterocycles. The zero-order valence-corrected chi connectivity index (χ0v) is 26.9. The van der Waals surface area contributed by atoms with E-state index in [-0.39, 0.29) is 40.7 Å². The highest BCUT2D eigenvalue weighted by Crippen LogP contribution is 2.35. The van der Waals surface area contributed by atoms with Crippen LogP contribution in [0.5, 0.6) is 28.7 Å². The molecule has 0 aromatic heterocycles. The zero-order valence-electron chi connectivity index (χ0n) is 26.9. The number of esters is 5. The van der Waals surface area contributed by atoms with E-state index in [1.54, 1.807) is 0 Å². The Morgan fingerprint density at radius 2 is 1.27 bits per heavy atom. The lowest BCUT2D eigenvalue weighted by molar-refractivity contribution is -0.146. The Hall–Kier alpha value is -7.33. The van der Waals surface area contributed by atoms with Crippen LogP contribution in [0, 0.1) is 17.7 Å². The molecule has 0 spiro atoms. The number of halogens is 1. The molecule has 3 aromatic carbocycles. The number of carbonyl (C=O) groups excluding carboxylic acids is 6. The normalized spacial score (nSPS) is 10.0. The number of ketones is 1. The molecule has 0 aliphatic carbocycles. The quantitative estimate of drug-likeness (QED) is 0.0538. The van der Waals surface area contributed by atoms with Crippen molar-refractivity contribution in [3.63, 3.8) is 0 Å². The van der Waals surface area contributed by atoms with Gasteiger partial charge in [-0.2, -0.15) is 0 Å². The first-order chi connectivity index (χ1) is 24.4. The monoisotopic (exact) mass is 694 g/mol. The molecule has 0 bridgehead atoms. The van der Waals surface area contributed by atoms with Gasteiger partial charge in [-0.25, -0.2) is 28.4 Å². The molecule has 0 saturated carbocycles. The molecule has 3 aromatic rings. The Morgan fingerprint density at radius 3 is 1.88 bits per heavy atom. The molecule has 0 unspecified atom stereocenters. The van der Waals surface area contributed by atoms with Crippen LogP contribution in [-0.4, -0.2) is 35.6 Å². The summed E-state index contributed by atoms with van der Waals surface area (Å²) in [5.41, 5.74) is 0.181. The third-order valence-corrected chi connectivity index (χ3v) is 6.01. The predicted molar refractivity (Wildman–Crippen MR) is 179 cm³/mol. The number of hydrogen-bond acceptors (Lipinski definition) is 12. The maximum atomic E-state index is 16.1. The van der Waals surface area contributed by atoms with E-state index in [1.165, 1.54) is 42.5 Å². The van der Waals surface area contributed by atoms with Crippen LogP contribution >= 0.6 is 0 Å². The maximum Gasteiger partial charge on any atom is 0.379 e. The topological polar surface area (TPSA) is 158 Å². The van der Waals surface area contributed by atoms with Crippen molar-refractivity contribution in [3.05, 3.63) is 133 Å². The highest BCUT2D eigenvalue weighted by atomic mass is 19.1. The predicted octanol–water partition coefficient (Wildman–Crippen LogP) is 5.27. The molecular formula is C38H27FO12. The second kappa shape index (κ2) is 18.3. The minimum Gasteiger partial charge on any atom is -0.496 e. The van der Waals surface area contributed by atoms with Gasteiger partial charge in [0.25, 0.3) is 0 Å². The summed E-state index contributed by atoms with van der Waals surface area (Å²) in [4.78, 5) is 70.7. The van der Waals surface area contributed by atoms with E-state index in [9.17, 15) is 28.8 Å². The highest BCUT2D eigenvalue weighted by molar-refractivity contribution is 6.33. The average Bonchev–Trinajstić information content (AvgIpc) is 3.12. The van der Waals surface area contributed by atoms with Crippen LogP contribution in [0.2, 0.25) is 0 Å². The van der Waals surface area contributed by atoms with Crippen molar-refractivity contribution in [2.75, 3.05) is 0 Å². The molecular weight excluding hydrogens is 667 g/mol. The van der Waals surface area contributed by atoms with E-state index in [4.69, 9.17) is 28.4 Å². The molecule has 12 nitrogen and oxygen atoms in total. The first-order valence-corrected chi connectivity index (χ1v) is 14.4. The molecule has 0 amide bonds. The lowest BCUT2D eigenvalue weighted by atomic mass is 10.1. The summed E-state index contributed by atoms with van der Waals surface area (Å²) in [5, 5.41) is 0. The van der Waals surface area contributed by atoms with Gasteiger partial charge in [0.2, 0.25) is 5.78 Å². The fourth-order valence-electron chi connectivity index (χ4n) is 3.64. The molecule has 51 heavy (non-hydrogen) atoms. The van der Waals surface area contributed by atoms with Gasteiger partial charge in [-0.1, -0.05) is 44.2 Å².